The lowest BCUT2D eigenvalue weighted by atomic mass is 9.99. The third-order valence-electron chi connectivity index (χ3n) is 4.83. The van der Waals surface area contributed by atoms with Crippen molar-refractivity contribution in [1.29, 1.82) is 0 Å². The van der Waals surface area contributed by atoms with Gasteiger partial charge in [0.2, 0.25) is 0 Å². The fourth-order valence-corrected chi connectivity index (χ4v) is 5.06. The molecule has 0 aromatic heterocycles. The van der Waals surface area contributed by atoms with Crippen LogP contribution >= 0.6 is 7.60 Å². The van der Waals surface area contributed by atoms with Crippen molar-refractivity contribution in [3.8, 4) is 11.5 Å². The van der Waals surface area contributed by atoms with E-state index in [9.17, 15) is 19.5 Å². The lowest BCUT2D eigenvalue weighted by Gasteiger charge is -2.24. The number of carbonyl (C=O) groups excluding carboxylic acids is 1. The maximum Gasteiger partial charge on any atom is 0.431 e. The van der Waals surface area contributed by atoms with Crippen molar-refractivity contribution in [2.45, 2.75) is 27.7 Å². The van der Waals surface area contributed by atoms with Crippen LogP contribution in [0.25, 0.3) is 10.8 Å². The summed E-state index contributed by atoms with van der Waals surface area (Å²) in [6.07, 6.45) is -0.240. The van der Waals surface area contributed by atoms with E-state index in [-0.39, 0.29) is 29.6 Å². The van der Waals surface area contributed by atoms with E-state index in [0.29, 0.717) is 5.75 Å². The summed E-state index contributed by atoms with van der Waals surface area (Å²) in [4.78, 5) is 23.0. The van der Waals surface area contributed by atoms with Gasteiger partial charge in [0.25, 0.3) is 5.69 Å². The number of hydrogen-bond donors (Lipinski definition) is 0. The quantitative estimate of drug-likeness (QED) is 0.145. The van der Waals surface area contributed by atoms with Crippen LogP contribution in [0.5, 0.6) is 11.5 Å². The molecule has 0 saturated carbocycles. The monoisotopic (exact) mass is 485 g/mol. The van der Waals surface area contributed by atoms with Gasteiger partial charge in [0, 0.05) is 17.5 Å². The first-order valence-electron chi connectivity index (χ1n) is 10.8. The number of nitro benzene ring substituents is 1. The molecule has 34 heavy (non-hydrogen) atoms. The summed E-state index contributed by atoms with van der Waals surface area (Å²) in [7, 11) is -3.95. The normalized spacial score (nSPS) is 14.1. The van der Waals surface area contributed by atoms with E-state index < -0.39 is 24.4 Å². The second kappa shape index (κ2) is 10.3. The number of nitrogens with zero attached hydrogens (tertiary/aromatic N) is 1. The van der Waals surface area contributed by atoms with Gasteiger partial charge in [0.05, 0.1) is 23.6 Å². The third-order valence-corrected chi connectivity index (χ3v) is 6.79. The molecule has 3 aromatic rings. The number of esters is 1. The average Bonchev–Trinajstić information content (AvgIpc) is 2.77. The maximum absolute atomic E-state index is 13.9. The molecule has 180 valence electrons. The smallest absolute Gasteiger partial charge is 0.431 e. The molecule has 0 aliphatic carbocycles. The highest BCUT2D eigenvalue weighted by atomic mass is 31.2. The molecule has 0 bridgehead atoms. The first-order valence-corrected chi connectivity index (χ1v) is 12.6. The molecule has 2 atom stereocenters. The Morgan fingerprint density at radius 3 is 2.29 bits per heavy atom. The summed E-state index contributed by atoms with van der Waals surface area (Å²) in [5.74, 6) is -0.812. The highest BCUT2D eigenvalue weighted by Gasteiger charge is 2.35. The molecule has 0 aliphatic rings. The Kier molecular flexibility index (Phi) is 7.62. The van der Waals surface area contributed by atoms with Gasteiger partial charge in [-0.05, 0) is 29.0 Å². The van der Waals surface area contributed by atoms with Crippen LogP contribution in [0.3, 0.4) is 0 Å². The van der Waals surface area contributed by atoms with Crippen molar-refractivity contribution < 1.29 is 28.1 Å². The first kappa shape index (κ1) is 25.2. The highest BCUT2D eigenvalue weighted by Crippen LogP contribution is 2.51. The molecule has 0 spiro atoms. The van der Waals surface area contributed by atoms with Gasteiger partial charge in [-0.15, -0.1) is 0 Å². The molecule has 3 rings (SSSR count). The van der Waals surface area contributed by atoms with Crippen molar-refractivity contribution >= 4 is 30.0 Å². The Hall–Kier alpha value is -3.38. The van der Waals surface area contributed by atoms with Crippen LogP contribution in [0.4, 0.5) is 5.69 Å². The van der Waals surface area contributed by atoms with Gasteiger partial charge in [-0.1, -0.05) is 64.1 Å². The molecule has 0 N–H and O–H groups in total. The number of fused-ring (bicyclic) bond motifs is 1. The Morgan fingerprint density at radius 2 is 1.65 bits per heavy atom. The number of hydrogen-bond acceptors (Lipinski definition) is 7. The van der Waals surface area contributed by atoms with Gasteiger partial charge in [0.15, 0.2) is 0 Å². The van der Waals surface area contributed by atoms with Crippen LogP contribution in [0.1, 0.15) is 27.7 Å². The lowest BCUT2D eigenvalue weighted by molar-refractivity contribution is -0.384. The molecular formula is C25H28NO7P. The second-order valence-corrected chi connectivity index (χ2v) is 11.2. The predicted molar refractivity (Wildman–Crippen MR) is 130 cm³/mol. The standard InChI is InChI=1S/C25H28NO7P/c1-18(24(27)31-17-25(2,3)4)16-34(30,32-21-14-12-20(13-15-21)26(28)29)33-23-11-7-9-19-8-5-6-10-22(19)23/h5-15,18H,16-17H2,1-4H3. The number of benzene rings is 3. The number of rotatable bonds is 9. The summed E-state index contributed by atoms with van der Waals surface area (Å²) in [5.41, 5.74) is -0.343. The van der Waals surface area contributed by atoms with E-state index in [0.717, 1.165) is 10.8 Å². The van der Waals surface area contributed by atoms with E-state index in [1.54, 1.807) is 19.1 Å². The van der Waals surface area contributed by atoms with Crippen LogP contribution in [0.2, 0.25) is 0 Å². The largest absolute Gasteiger partial charge is 0.465 e. The van der Waals surface area contributed by atoms with E-state index in [2.05, 4.69) is 0 Å². The van der Waals surface area contributed by atoms with Crippen LogP contribution in [-0.4, -0.2) is 23.7 Å². The molecular weight excluding hydrogens is 457 g/mol. The Labute approximate surface area is 198 Å². The van der Waals surface area contributed by atoms with Crippen LogP contribution < -0.4 is 9.05 Å². The zero-order chi connectivity index (χ0) is 24.9. The molecule has 0 saturated heterocycles. The second-order valence-electron chi connectivity index (χ2n) is 9.27. The zero-order valence-electron chi connectivity index (χ0n) is 19.6. The van der Waals surface area contributed by atoms with Crippen LogP contribution in [0, 0.1) is 21.4 Å². The molecule has 2 unspecified atom stereocenters. The lowest BCUT2D eigenvalue weighted by Crippen LogP contribution is -2.25. The van der Waals surface area contributed by atoms with Crippen molar-refractivity contribution in [1.82, 2.24) is 0 Å². The molecule has 0 fully saturated rings. The van der Waals surface area contributed by atoms with Crippen LogP contribution in [-0.2, 0) is 14.1 Å². The molecule has 0 amide bonds. The van der Waals surface area contributed by atoms with E-state index in [1.807, 2.05) is 51.1 Å². The SMILES string of the molecule is CC(CP(=O)(Oc1ccc([N+](=O)[O-])cc1)Oc1cccc2ccccc12)C(=O)OCC(C)(C)C. The topological polar surface area (TPSA) is 105 Å². The van der Waals surface area contributed by atoms with E-state index in [1.165, 1.54) is 24.3 Å². The number of nitro groups is 1. The minimum Gasteiger partial charge on any atom is -0.465 e. The molecule has 8 nitrogen and oxygen atoms in total. The summed E-state index contributed by atoms with van der Waals surface area (Å²) < 4.78 is 31.0. The Morgan fingerprint density at radius 1 is 1.00 bits per heavy atom. The van der Waals surface area contributed by atoms with Gasteiger partial charge >= 0.3 is 13.6 Å². The van der Waals surface area contributed by atoms with E-state index >= 15 is 0 Å². The minimum atomic E-state index is -3.95. The number of non-ortho nitro benzene ring substituents is 1. The fourth-order valence-electron chi connectivity index (χ4n) is 3.15. The minimum absolute atomic E-state index is 0.128. The van der Waals surface area contributed by atoms with Crippen molar-refractivity contribution in [3.63, 3.8) is 0 Å². The van der Waals surface area contributed by atoms with Gasteiger partial charge in [-0.2, -0.15) is 0 Å². The summed E-state index contributed by atoms with van der Waals surface area (Å²) in [5, 5.41) is 12.6. The molecule has 0 aliphatic heterocycles. The van der Waals surface area contributed by atoms with Gasteiger partial charge in [0.1, 0.15) is 11.5 Å². The van der Waals surface area contributed by atoms with Crippen LogP contribution in [0.15, 0.2) is 66.7 Å². The van der Waals surface area contributed by atoms with Gasteiger partial charge < -0.3 is 13.8 Å². The van der Waals surface area contributed by atoms with Crippen molar-refractivity contribution in [2.75, 3.05) is 12.8 Å². The van der Waals surface area contributed by atoms with Crippen molar-refractivity contribution in [2.24, 2.45) is 11.3 Å². The zero-order valence-corrected chi connectivity index (χ0v) is 20.5. The third kappa shape index (κ3) is 6.81. The number of carbonyl (C=O) groups is 1. The number of ether oxygens (including phenoxy) is 1. The van der Waals surface area contributed by atoms with Gasteiger partial charge in [-0.3, -0.25) is 14.9 Å². The highest BCUT2D eigenvalue weighted by molar-refractivity contribution is 7.54. The first-order chi connectivity index (χ1) is 16.0. The maximum atomic E-state index is 13.9. The molecule has 0 radical (unpaired) electrons. The average molecular weight is 485 g/mol. The van der Waals surface area contributed by atoms with Gasteiger partial charge in [-0.25, -0.2) is 4.57 Å². The molecule has 3 aromatic carbocycles. The Balaban J connectivity index is 1.89. The molecule has 0 heterocycles. The van der Waals surface area contributed by atoms with Crippen molar-refractivity contribution in [3.05, 3.63) is 76.8 Å². The Bertz CT molecular complexity index is 1210. The summed E-state index contributed by atoms with van der Waals surface area (Å²) in [6.45, 7) is 7.64. The van der Waals surface area contributed by atoms with E-state index in [4.69, 9.17) is 13.8 Å². The summed E-state index contributed by atoms with van der Waals surface area (Å²) >= 11 is 0. The summed E-state index contributed by atoms with van der Waals surface area (Å²) in [6, 6.07) is 18.0. The predicted octanol–water partition coefficient (Wildman–Crippen LogP) is 6.62. The fraction of sp³-hybridized carbons (Fsp3) is 0.320. The molecule has 9 heteroatoms.